The van der Waals surface area contributed by atoms with Crippen LogP contribution in [0, 0.1) is 11.8 Å². The third-order valence-electron chi connectivity index (χ3n) is 13.8. The van der Waals surface area contributed by atoms with Crippen LogP contribution >= 0.6 is 0 Å². The highest BCUT2D eigenvalue weighted by atomic mass is 15.1. The second kappa shape index (κ2) is 13.2. The number of benzene rings is 6. The van der Waals surface area contributed by atoms with Gasteiger partial charge in [0.15, 0.2) is 0 Å². The van der Waals surface area contributed by atoms with Crippen LogP contribution in [0.5, 0.6) is 0 Å². The Morgan fingerprint density at radius 1 is 0.472 bits per heavy atom. The average Bonchev–Trinajstić information content (AvgIpc) is 3.92. The lowest BCUT2D eigenvalue weighted by Gasteiger charge is -2.29. The quantitative estimate of drug-likeness (QED) is 0.161. The summed E-state index contributed by atoms with van der Waals surface area (Å²) in [6.45, 7) is 4.80. The molecule has 6 aromatic carbocycles. The summed E-state index contributed by atoms with van der Waals surface area (Å²) in [6.07, 6.45) is 12.5. The Morgan fingerprint density at radius 2 is 1.04 bits per heavy atom. The molecule has 0 N–H and O–H groups in total. The highest BCUT2D eigenvalue weighted by Crippen LogP contribution is 2.54. The fourth-order valence-electron chi connectivity index (χ4n) is 10.8. The van der Waals surface area contributed by atoms with Gasteiger partial charge in [0.1, 0.15) is 0 Å². The zero-order valence-corrected chi connectivity index (χ0v) is 31.4. The molecule has 3 fully saturated rings. The highest BCUT2D eigenvalue weighted by Gasteiger charge is 2.40. The molecule has 0 aromatic heterocycles. The van der Waals surface area contributed by atoms with E-state index in [1.165, 1.54) is 125 Å². The smallest absolute Gasteiger partial charge is 0.0465 e. The van der Waals surface area contributed by atoms with Gasteiger partial charge in [0.2, 0.25) is 0 Å². The molecule has 1 heteroatoms. The second-order valence-corrected chi connectivity index (χ2v) is 17.2. The third kappa shape index (κ3) is 5.84. The van der Waals surface area contributed by atoms with Crippen LogP contribution in [0.25, 0.3) is 33.4 Å². The first-order valence-corrected chi connectivity index (χ1v) is 20.4. The van der Waals surface area contributed by atoms with E-state index < -0.39 is 0 Å². The van der Waals surface area contributed by atoms with E-state index in [4.69, 9.17) is 0 Å². The fourth-order valence-corrected chi connectivity index (χ4v) is 10.8. The Kier molecular flexibility index (Phi) is 8.16. The van der Waals surface area contributed by atoms with Crippen molar-refractivity contribution in [3.05, 3.63) is 162 Å². The minimum atomic E-state index is -0.115. The van der Waals surface area contributed by atoms with E-state index in [9.17, 15) is 0 Å². The van der Waals surface area contributed by atoms with Gasteiger partial charge in [-0.25, -0.2) is 0 Å². The van der Waals surface area contributed by atoms with Crippen molar-refractivity contribution in [1.29, 1.82) is 0 Å². The fraction of sp³-hybridized carbons (Fsp3) is 0.308. The topological polar surface area (TPSA) is 3.24 Å². The molecule has 10 rings (SSSR count). The monoisotopic (exact) mass is 689 g/mol. The van der Waals surface area contributed by atoms with Gasteiger partial charge in [0.25, 0.3) is 0 Å². The number of anilines is 3. The number of hydrogen-bond acceptors (Lipinski definition) is 1. The van der Waals surface area contributed by atoms with Gasteiger partial charge in [-0.15, -0.1) is 0 Å². The number of nitrogens with zero attached hydrogens (tertiary/aromatic N) is 1. The van der Waals surface area contributed by atoms with Crippen molar-refractivity contribution in [2.75, 3.05) is 4.90 Å². The molecule has 0 amide bonds. The van der Waals surface area contributed by atoms with Gasteiger partial charge in [-0.3, -0.25) is 0 Å². The first-order chi connectivity index (χ1) is 26.0. The molecular weight excluding hydrogens is 639 g/mol. The van der Waals surface area contributed by atoms with Crippen molar-refractivity contribution in [2.45, 2.75) is 88.9 Å². The lowest BCUT2D eigenvalue weighted by Crippen LogP contribution is -2.16. The van der Waals surface area contributed by atoms with E-state index in [2.05, 4.69) is 158 Å². The predicted octanol–water partition coefficient (Wildman–Crippen LogP) is 14.7. The van der Waals surface area contributed by atoms with Crippen molar-refractivity contribution in [3.8, 4) is 33.4 Å². The number of rotatable bonds is 7. The Balaban J connectivity index is 0.996. The van der Waals surface area contributed by atoms with Crippen molar-refractivity contribution in [3.63, 3.8) is 0 Å². The molecule has 3 unspecified atom stereocenters. The van der Waals surface area contributed by atoms with E-state index in [-0.39, 0.29) is 5.41 Å². The molecule has 0 saturated heterocycles. The molecule has 4 aliphatic rings. The van der Waals surface area contributed by atoms with Gasteiger partial charge in [-0.1, -0.05) is 137 Å². The SMILES string of the molecule is CC1(C)c2cc(-c3ccccc3)ccc2-c2ccc(N(c3ccc(-c4ccc(C5CC6CCC5C6)cc4)cc3)c3ccc(C4CCCCC4)cc3)cc21. The molecule has 0 spiro atoms. The average molecular weight is 690 g/mol. The molecule has 6 aromatic rings. The van der Waals surface area contributed by atoms with Crippen LogP contribution in [0.4, 0.5) is 17.1 Å². The van der Waals surface area contributed by atoms with Crippen LogP contribution in [-0.4, -0.2) is 0 Å². The maximum atomic E-state index is 2.47. The molecule has 4 aliphatic carbocycles. The van der Waals surface area contributed by atoms with Gasteiger partial charge in [0, 0.05) is 22.5 Å². The summed E-state index contributed by atoms with van der Waals surface area (Å²) in [4.78, 5) is 2.47. The Bertz CT molecular complexity index is 2240. The first-order valence-electron chi connectivity index (χ1n) is 20.4. The minimum absolute atomic E-state index is 0.115. The standard InChI is InChI=1S/C52H51N/c1-52(2)50-33-42(37-11-7-4-8-12-37)23-29-47(50)48-30-28-46(34-51(48)52)53(44-24-19-39(20-25-44)36-9-5-3-6-10-36)45-26-21-40(22-27-45)38-15-17-41(18-16-38)49-32-35-13-14-43(49)31-35/h4,7-8,11-12,15-30,33-36,43,49H,3,5-6,9-10,13-14,31-32H2,1-2H3. The van der Waals surface area contributed by atoms with E-state index in [0.29, 0.717) is 5.92 Å². The summed E-state index contributed by atoms with van der Waals surface area (Å²) in [6, 6.07) is 53.4. The molecule has 3 saturated carbocycles. The zero-order chi connectivity index (χ0) is 35.5. The summed E-state index contributed by atoms with van der Waals surface area (Å²) in [5, 5.41) is 0. The molecule has 3 atom stereocenters. The summed E-state index contributed by atoms with van der Waals surface area (Å²) in [5.74, 6) is 3.36. The Labute approximate surface area is 316 Å². The summed E-state index contributed by atoms with van der Waals surface area (Å²) in [5.41, 5.74) is 17.2. The Hall–Kier alpha value is -4.88. The predicted molar refractivity (Wildman–Crippen MR) is 224 cm³/mol. The van der Waals surface area contributed by atoms with E-state index >= 15 is 0 Å². The number of hydrogen-bond donors (Lipinski definition) is 0. The van der Waals surface area contributed by atoms with Crippen molar-refractivity contribution in [1.82, 2.24) is 0 Å². The highest BCUT2D eigenvalue weighted by molar-refractivity contribution is 5.87. The maximum absolute atomic E-state index is 2.47. The van der Waals surface area contributed by atoms with Crippen molar-refractivity contribution in [2.24, 2.45) is 11.8 Å². The summed E-state index contributed by atoms with van der Waals surface area (Å²) in [7, 11) is 0. The third-order valence-corrected chi connectivity index (χ3v) is 13.8. The van der Waals surface area contributed by atoms with E-state index in [1.807, 2.05) is 0 Å². The van der Waals surface area contributed by atoms with Crippen LogP contribution < -0.4 is 4.90 Å². The number of fused-ring (bicyclic) bond motifs is 5. The van der Waals surface area contributed by atoms with Crippen LogP contribution in [0.15, 0.2) is 140 Å². The molecule has 0 aliphatic heterocycles. The van der Waals surface area contributed by atoms with E-state index in [0.717, 1.165) is 17.8 Å². The molecule has 1 nitrogen and oxygen atoms in total. The van der Waals surface area contributed by atoms with E-state index in [1.54, 1.807) is 5.56 Å². The van der Waals surface area contributed by atoms with Crippen molar-refractivity contribution < 1.29 is 0 Å². The van der Waals surface area contributed by atoms with Gasteiger partial charge in [0.05, 0.1) is 0 Å². The molecule has 264 valence electrons. The zero-order valence-electron chi connectivity index (χ0n) is 31.4. The van der Waals surface area contributed by atoms with Crippen LogP contribution in [0.1, 0.15) is 106 Å². The van der Waals surface area contributed by atoms with Crippen LogP contribution in [0.2, 0.25) is 0 Å². The van der Waals surface area contributed by atoms with Gasteiger partial charge in [-0.2, -0.15) is 0 Å². The summed E-state index contributed by atoms with van der Waals surface area (Å²) < 4.78 is 0. The molecule has 2 bridgehead atoms. The van der Waals surface area contributed by atoms with Crippen LogP contribution in [0.3, 0.4) is 0 Å². The summed E-state index contributed by atoms with van der Waals surface area (Å²) >= 11 is 0. The lowest BCUT2D eigenvalue weighted by atomic mass is 9.81. The van der Waals surface area contributed by atoms with Gasteiger partial charge < -0.3 is 4.90 Å². The first kappa shape index (κ1) is 32.7. The lowest BCUT2D eigenvalue weighted by molar-refractivity contribution is 0.420. The molecule has 0 heterocycles. The Morgan fingerprint density at radius 3 is 1.70 bits per heavy atom. The van der Waals surface area contributed by atoms with Crippen LogP contribution in [-0.2, 0) is 5.41 Å². The molecular formula is C52H51N. The molecule has 0 radical (unpaired) electrons. The molecule has 53 heavy (non-hydrogen) atoms. The van der Waals surface area contributed by atoms with Gasteiger partial charge >= 0.3 is 0 Å². The normalized spacial score (nSPS) is 21.4. The largest absolute Gasteiger partial charge is 0.310 e. The van der Waals surface area contributed by atoms with Crippen molar-refractivity contribution >= 4 is 17.1 Å². The minimum Gasteiger partial charge on any atom is -0.310 e. The van der Waals surface area contributed by atoms with Gasteiger partial charge in [-0.05, 0) is 154 Å². The maximum Gasteiger partial charge on any atom is 0.0465 e. The second-order valence-electron chi connectivity index (χ2n) is 17.2.